The molecular weight excluding hydrogens is 1160 g/mol. The molecule has 0 amide bonds. The molecule has 11 rings (SSSR count). The van der Waals surface area contributed by atoms with Gasteiger partial charge in [0, 0.05) is 66.8 Å². The van der Waals surface area contributed by atoms with Gasteiger partial charge in [0.2, 0.25) is 16.3 Å². The van der Waals surface area contributed by atoms with E-state index in [-0.39, 0.29) is 59.2 Å². The number of carboxylic acid groups (broad SMARTS) is 2. The van der Waals surface area contributed by atoms with Crippen molar-refractivity contribution in [1.82, 2.24) is 34.7 Å². The number of benzene rings is 4. The van der Waals surface area contributed by atoms with Gasteiger partial charge in [-0.05, 0) is 133 Å². The molecule has 0 bridgehead atoms. The van der Waals surface area contributed by atoms with Gasteiger partial charge in [-0.1, -0.05) is 93.3 Å². The summed E-state index contributed by atoms with van der Waals surface area (Å²) in [5, 5.41) is 29.9. The summed E-state index contributed by atoms with van der Waals surface area (Å²) in [7, 11) is 0. The smallest absolute Gasteiger partial charge is 0.435 e. The van der Waals surface area contributed by atoms with Crippen LogP contribution in [0.5, 0.6) is 0 Å². The van der Waals surface area contributed by atoms with Crippen LogP contribution in [0.2, 0.25) is 10.6 Å². The second-order valence-corrected chi connectivity index (χ2v) is 18.9. The highest BCUT2D eigenvalue weighted by Crippen LogP contribution is 2.29. The molecule has 77 heavy (non-hydrogen) atoms. The van der Waals surface area contributed by atoms with Gasteiger partial charge in [0.1, 0.15) is 28.2 Å². The number of carbonyl (C=O) groups excluding carboxylic acids is 1. The number of aromatic nitrogens is 7. The Bertz CT molecular complexity index is 3560. The van der Waals surface area contributed by atoms with Gasteiger partial charge in [-0.3, -0.25) is 4.99 Å². The number of aromatic amines is 1. The zero-order valence-electron chi connectivity index (χ0n) is 37.9. The highest BCUT2D eigenvalue weighted by Gasteiger charge is 2.19. The average Bonchev–Trinajstić information content (AvgIpc) is 4.19. The van der Waals surface area contributed by atoms with E-state index in [0.717, 1.165) is 59.8 Å². The first-order chi connectivity index (χ1) is 34.4. The molecule has 0 saturated carbocycles. The molecule has 0 radical (unpaired) electrons. The van der Waals surface area contributed by atoms with E-state index in [1.54, 1.807) is 48.9 Å². The molecule has 5 N–H and O–H groups in total. The Morgan fingerprint density at radius 3 is 2.14 bits per heavy atom. The van der Waals surface area contributed by atoms with E-state index in [1.807, 2.05) is 87.6 Å². The fourth-order valence-electron chi connectivity index (χ4n) is 6.74. The number of carboxylic acids is 2. The third-order valence-electron chi connectivity index (χ3n) is 9.96. The summed E-state index contributed by atoms with van der Waals surface area (Å²) in [6, 6.07) is 31.3. The van der Waals surface area contributed by atoms with Gasteiger partial charge in [-0.15, -0.1) is 0 Å². The van der Waals surface area contributed by atoms with Crippen molar-refractivity contribution in [2.45, 2.75) is 70.1 Å². The molecule has 0 unspecified atom stereocenters. The van der Waals surface area contributed by atoms with Crippen molar-refractivity contribution in [3.05, 3.63) is 170 Å². The van der Waals surface area contributed by atoms with E-state index in [0.29, 0.717) is 28.3 Å². The van der Waals surface area contributed by atoms with Crippen LogP contribution in [0.15, 0.2) is 151 Å². The number of halogens is 4. The summed E-state index contributed by atoms with van der Waals surface area (Å²) in [5.74, 6) is -0.858. The average molecular weight is 1220 g/mol. The number of aromatic carboxylic acids is 2. The van der Waals surface area contributed by atoms with Gasteiger partial charge < -0.3 is 39.4 Å². The van der Waals surface area contributed by atoms with Crippen LogP contribution >= 0.6 is 55.1 Å². The van der Waals surface area contributed by atoms with Gasteiger partial charge in [-0.25, -0.2) is 29.3 Å². The van der Waals surface area contributed by atoms with Crippen molar-refractivity contribution < 1.29 is 38.2 Å². The van der Waals surface area contributed by atoms with Crippen LogP contribution in [0, 0.1) is 0 Å². The van der Waals surface area contributed by atoms with Crippen LogP contribution in [-0.2, 0) is 11.3 Å². The molecule has 1 aliphatic rings. The highest BCUT2D eigenvalue weighted by molar-refractivity contribution is 9.10. The number of nitrogens with zero attached hydrogens (tertiary/aromatic N) is 7. The lowest BCUT2D eigenvalue weighted by molar-refractivity contribution is 0.0513. The first-order valence-electron chi connectivity index (χ1n) is 21.3. The van der Waals surface area contributed by atoms with Crippen molar-refractivity contribution in [2.24, 2.45) is 4.99 Å². The Hall–Kier alpha value is -7.91. The summed E-state index contributed by atoms with van der Waals surface area (Å²) in [5.41, 5.74) is 8.02. The molecule has 0 spiro atoms. The van der Waals surface area contributed by atoms with Crippen LogP contribution < -0.4 is 10.6 Å². The fourth-order valence-corrected chi connectivity index (χ4v) is 7.76. The number of H-pyrrole nitrogens is 1. The topological polar surface area (TPSA) is 249 Å². The number of rotatable bonds is 7. The molecule has 0 aliphatic carbocycles. The Labute approximate surface area is 472 Å². The lowest BCUT2D eigenvalue weighted by Crippen LogP contribution is -2.27. The molecule has 7 heterocycles. The maximum absolute atomic E-state index is 12.1. The largest absolute Gasteiger partial charge is 0.477 e. The molecule has 0 fully saturated rings. The predicted molar refractivity (Wildman–Crippen MR) is 315 cm³/mol. The zero-order chi connectivity index (χ0) is 51.1. The summed E-state index contributed by atoms with van der Waals surface area (Å²) in [6.07, 6.45) is 7.76. The summed E-state index contributed by atoms with van der Waals surface area (Å²) < 4.78 is 18.8. The van der Waals surface area contributed by atoms with E-state index in [4.69, 9.17) is 47.0 Å². The molecule has 0 atom stereocenters. The van der Waals surface area contributed by atoms with E-state index in [2.05, 4.69) is 83.6 Å². The molecule has 22 heteroatoms. The number of hydrogen-bond acceptors (Lipinski definition) is 14. The summed E-state index contributed by atoms with van der Waals surface area (Å²) in [6.45, 7) is 6.20. The van der Waals surface area contributed by atoms with Crippen LogP contribution in [-0.4, -0.2) is 74.8 Å². The van der Waals surface area contributed by atoms with Gasteiger partial charge >= 0.3 is 18.0 Å². The van der Waals surface area contributed by atoms with Gasteiger partial charge in [0.25, 0.3) is 0 Å². The number of carbonyl (C=O) groups is 3. The second kappa shape index (κ2) is 27.8. The number of nitrogens with one attached hydrogen (secondary N) is 3. The quantitative estimate of drug-likeness (QED) is 0.0931. The monoisotopic (exact) mass is 1210 g/mol. The van der Waals surface area contributed by atoms with Crippen molar-refractivity contribution in [1.29, 1.82) is 0 Å². The number of furan rings is 2. The lowest BCUT2D eigenvalue weighted by atomic mass is 10.1. The molecule has 10 aromatic rings. The predicted octanol–water partition coefficient (Wildman–Crippen LogP) is 16.8. The number of anilines is 4. The maximum atomic E-state index is 12.1. The number of ether oxygens (including phenoxy) is 1. The van der Waals surface area contributed by atoms with Gasteiger partial charge in [-0.2, -0.15) is 14.8 Å². The number of hydrogen-bond donors (Lipinski definition) is 5. The third kappa shape index (κ3) is 16.8. The molecule has 404 valence electrons. The van der Waals surface area contributed by atoms with E-state index >= 15 is 0 Å². The Balaban J connectivity index is 0.000000281. The standard InChI is InChI=1S/C20H18ClN5O3.C12H9ClN4.C9H6BrNO2.C9H5BrO3.5CH4/c1-20(2,3)29-19(27)26-11-13(10-22-26)12-4-6-14(7-5-12)23-17-16-15(8-9-28-16)24-18(21)25-17;13-12-15-4-3-11(17-12)16-10-2-1-8-6-14-7-9(8)5-10;10-6-2-1-5-3-8(9(12)13)11-7(5)4-6;10-6-2-1-5-3-8(9(11)12)13-7(5)4-6;;;;;/h4-11H,1-3H3,(H,23,24,25);1-5,7H,6H2,(H,15,16,17);1-4,11H,(H,12,13);1-4H,(H,11,12);5*1H4. The van der Waals surface area contributed by atoms with E-state index in [1.165, 1.54) is 22.6 Å². The molecule has 18 nitrogen and oxygen atoms in total. The van der Waals surface area contributed by atoms with Crippen molar-refractivity contribution >= 4 is 135 Å². The summed E-state index contributed by atoms with van der Waals surface area (Å²) in [4.78, 5) is 56.5. The normalized spacial score (nSPS) is 10.7. The van der Waals surface area contributed by atoms with Crippen LogP contribution in [0.3, 0.4) is 0 Å². The van der Waals surface area contributed by atoms with Gasteiger partial charge in [0.15, 0.2) is 11.4 Å². The van der Waals surface area contributed by atoms with Crippen LogP contribution in [0.25, 0.3) is 44.1 Å². The van der Waals surface area contributed by atoms with Crippen molar-refractivity contribution in [2.75, 3.05) is 10.6 Å². The minimum absolute atomic E-state index is 0. The molecule has 0 saturated heterocycles. The zero-order valence-corrected chi connectivity index (χ0v) is 42.6. The van der Waals surface area contributed by atoms with Crippen molar-refractivity contribution in [3.8, 4) is 11.1 Å². The lowest BCUT2D eigenvalue weighted by Gasteiger charge is -2.18. The summed E-state index contributed by atoms with van der Waals surface area (Å²) >= 11 is 18.3. The highest BCUT2D eigenvalue weighted by atomic mass is 79.9. The van der Waals surface area contributed by atoms with E-state index < -0.39 is 23.6 Å². The number of aliphatic imine (C=N–C) groups is 1. The SMILES string of the molecule is C.C.C.C.C.CC(C)(C)OC(=O)n1cc(-c2ccc(Nc3nc(Cl)nc4ccoc34)cc2)cn1.Clc1nccc(Nc2ccc3c(c2)C=NC3)n1.O=C(O)c1cc2ccc(Br)cc2[nH]1.O=C(O)c1cc2ccc(Br)cc2o1. The molecule has 1 aliphatic heterocycles. The van der Waals surface area contributed by atoms with E-state index in [9.17, 15) is 14.4 Å². The Morgan fingerprint density at radius 1 is 0.753 bits per heavy atom. The maximum Gasteiger partial charge on any atom is 0.435 e. The van der Waals surface area contributed by atoms with Crippen molar-refractivity contribution in [3.63, 3.8) is 0 Å². The second-order valence-electron chi connectivity index (χ2n) is 16.4. The molecule has 4 aromatic carbocycles. The van der Waals surface area contributed by atoms with Crippen LogP contribution in [0.4, 0.5) is 27.8 Å². The van der Waals surface area contributed by atoms with Crippen LogP contribution in [0.1, 0.15) is 90.1 Å². The third-order valence-corrected chi connectivity index (χ3v) is 11.3. The Morgan fingerprint density at radius 2 is 1.45 bits per heavy atom. The number of fused-ring (bicyclic) bond motifs is 4. The minimum atomic E-state index is -1.05. The first kappa shape index (κ1) is 63.4. The van der Waals surface area contributed by atoms with Gasteiger partial charge in [0.05, 0.1) is 19.0 Å². The molecular formula is C55H58Br2Cl2N10O8. The fraction of sp³-hybridized carbons (Fsp3) is 0.182. The Kier molecular flexibility index (Phi) is 22.8. The minimum Gasteiger partial charge on any atom is -0.477 e. The molecule has 6 aromatic heterocycles. The first-order valence-corrected chi connectivity index (χ1v) is 23.7.